The minimum atomic E-state index is -0.529. The summed E-state index contributed by atoms with van der Waals surface area (Å²) in [6, 6.07) is 4.55. The van der Waals surface area contributed by atoms with Crippen LogP contribution in [0.1, 0.15) is 19.4 Å². The fourth-order valence-corrected chi connectivity index (χ4v) is 2.05. The maximum Gasteiger partial charge on any atom is 0.336 e. The summed E-state index contributed by atoms with van der Waals surface area (Å²) in [6.07, 6.45) is 1.66. The third-order valence-corrected chi connectivity index (χ3v) is 3.45. The molecule has 122 valence electrons. The Morgan fingerprint density at radius 3 is 2.43 bits per heavy atom. The molecule has 0 saturated heterocycles. The van der Waals surface area contributed by atoms with Crippen LogP contribution in [-0.4, -0.2) is 20.2 Å². The monoisotopic (exact) mass is 318 g/mol. The van der Waals surface area contributed by atoms with Crippen molar-refractivity contribution < 1.29 is 23.4 Å². The molecular formula is C17H18O6. The summed E-state index contributed by atoms with van der Waals surface area (Å²) in [4.78, 5) is 23.5. The lowest BCUT2D eigenvalue weighted by Crippen LogP contribution is -2.08. The largest absolute Gasteiger partial charge is 0.493 e. The van der Waals surface area contributed by atoms with Crippen molar-refractivity contribution >= 4 is 16.9 Å². The molecule has 2 aromatic rings. The molecule has 0 radical (unpaired) electrons. The van der Waals surface area contributed by atoms with Gasteiger partial charge in [0.05, 0.1) is 14.2 Å². The molecule has 0 amide bonds. The third-order valence-electron chi connectivity index (χ3n) is 3.45. The summed E-state index contributed by atoms with van der Waals surface area (Å²) in [5.74, 6) is 0.502. The highest BCUT2D eigenvalue weighted by Gasteiger charge is 2.14. The fourth-order valence-electron chi connectivity index (χ4n) is 2.05. The molecule has 0 spiro atoms. The van der Waals surface area contributed by atoms with Gasteiger partial charge in [0.25, 0.3) is 0 Å². The summed E-state index contributed by atoms with van der Waals surface area (Å²) < 4.78 is 20.8. The Kier molecular flexibility index (Phi) is 5.05. The molecule has 0 aliphatic rings. The second-order valence-electron chi connectivity index (χ2n) is 4.84. The number of esters is 1. The lowest BCUT2D eigenvalue weighted by molar-refractivity contribution is -0.140. The van der Waals surface area contributed by atoms with Gasteiger partial charge in [0.2, 0.25) is 0 Å². The zero-order valence-electron chi connectivity index (χ0n) is 13.5. The number of rotatable bonds is 5. The third kappa shape index (κ3) is 3.53. The predicted octanol–water partition coefficient (Wildman–Crippen LogP) is 2.82. The van der Waals surface area contributed by atoms with Crippen molar-refractivity contribution in [3.05, 3.63) is 45.8 Å². The SMILES string of the molecule is C/C=C(\C)C(=O)OCc1cc(=O)oc2cc(OC)c(OC)cc12. The van der Waals surface area contributed by atoms with Gasteiger partial charge in [-0.2, -0.15) is 0 Å². The average Bonchev–Trinajstić information content (AvgIpc) is 2.57. The van der Waals surface area contributed by atoms with Gasteiger partial charge in [-0.15, -0.1) is 0 Å². The summed E-state index contributed by atoms with van der Waals surface area (Å²) >= 11 is 0. The first-order valence-electron chi connectivity index (χ1n) is 6.99. The van der Waals surface area contributed by atoms with E-state index in [-0.39, 0.29) is 6.61 Å². The van der Waals surface area contributed by atoms with Gasteiger partial charge in [-0.05, 0) is 19.9 Å². The minimum Gasteiger partial charge on any atom is -0.493 e. The van der Waals surface area contributed by atoms with Gasteiger partial charge < -0.3 is 18.6 Å². The van der Waals surface area contributed by atoms with E-state index >= 15 is 0 Å². The molecule has 0 unspecified atom stereocenters. The maximum atomic E-state index is 11.8. The minimum absolute atomic E-state index is 0.0401. The van der Waals surface area contributed by atoms with E-state index in [0.29, 0.717) is 33.6 Å². The van der Waals surface area contributed by atoms with Gasteiger partial charge in [-0.1, -0.05) is 6.08 Å². The van der Waals surface area contributed by atoms with E-state index in [1.807, 2.05) is 0 Å². The smallest absolute Gasteiger partial charge is 0.336 e. The molecule has 1 heterocycles. The fraction of sp³-hybridized carbons (Fsp3) is 0.294. The Morgan fingerprint density at radius 2 is 1.83 bits per heavy atom. The number of carbonyl (C=O) groups is 1. The van der Waals surface area contributed by atoms with Gasteiger partial charge in [-0.3, -0.25) is 0 Å². The van der Waals surface area contributed by atoms with Gasteiger partial charge in [-0.25, -0.2) is 9.59 Å². The van der Waals surface area contributed by atoms with E-state index in [1.165, 1.54) is 20.3 Å². The van der Waals surface area contributed by atoms with Gasteiger partial charge in [0.1, 0.15) is 12.2 Å². The molecular weight excluding hydrogens is 300 g/mol. The molecule has 1 aromatic carbocycles. The number of hydrogen-bond donors (Lipinski definition) is 0. The summed E-state index contributed by atoms with van der Waals surface area (Å²) in [6.45, 7) is 3.37. The molecule has 0 bridgehead atoms. The number of fused-ring (bicyclic) bond motifs is 1. The van der Waals surface area contributed by atoms with E-state index in [2.05, 4.69) is 0 Å². The van der Waals surface area contributed by atoms with Crippen LogP contribution in [0.4, 0.5) is 0 Å². The highest BCUT2D eigenvalue weighted by Crippen LogP contribution is 2.33. The number of allylic oxidation sites excluding steroid dienone is 1. The van der Waals surface area contributed by atoms with Crippen molar-refractivity contribution in [1.29, 1.82) is 0 Å². The molecule has 0 fully saturated rings. The lowest BCUT2D eigenvalue weighted by atomic mass is 10.1. The Bertz CT molecular complexity index is 816. The van der Waals surface area contributed by atoms with Crippen LogP contribution >= 0.6 is 0 Å². The van der Waals surface area contributed by atoms with E-state index < -0.39 is 11.6 Å². The Balaban J connectivity index is 2.46. The first kappa shape index (κ1) is 16.6. The van der Waals surface area contributed by atoms with Crippen LogP contribution < -0.4 is 15.1 Å². The summed E-state index contributed by atoms with van der Waals surface area (Å²) in [7, 11) is 3.01. The van der Waals surface area contributed by atoms with Crippen LogP contribution in [0.3, 0.4) is 0 Å². The molecule has 23 heavy (non-hydrogen) atoms. The van der Waals surface area contributed by atoms with Crippen LogP contribution in [0.5, 0.6) is 11.5 Å². The zero-order valence-corrected chi connectivity index (χ0v) is 13.5. The Morgan fingerprint density at radius 1 is 1.17 bits per heavy atom. The highest BCUT2D eigenvalue weighted by molar-refractivity contribution is 5.88. The number of ether oxygens (including phenoxy) is 3. The maximum absolute atomic E-state index is 11.8. The average molecular weight is 318 g/mol. The van der Waals surface area contributed by atoms with Crippen molar-refractivity contribution in [2.75, 3.05) is 14.2 Å². The Labute approximate surface area is 133 Å². The zero-order chi connectivity index (χ0) is 17.0. The lowest BCUT2D eigenvalue weighted by Gasteiger charge is -2.11. The molecule has 1 aromatic heterocycles. The predicted molar refractivity (Wildman–Crippen MR) is 84.8 cm³/mol. The van der Waals surface area contributed by atoms with Crippen molar-refractivity contribution in [1.82, 2.24) is 0 Å². The molecule has 0 N–H and O–H groups in total. The molecule has 6 nitrogen and oxygen atoms in total. The van der Waals surface area contributed by atoms with Crippen LogP contribution in [0, 0.1) is 0 Å². The highest BCUT2D eigenvalue weighted by atomic mass is 16.5. The molecule has 6 heteroatoms. The normalized spacial score (nSPS) is 11.4. The van der Waals surface area contributed by atoms with Gasteiger partial charge in [0, 0.05) is 28.7 Å². The van der Waals surface area contributed by atoms with Crippen LogP contribution in [0.2, 0.25) is 0 Å². The van der Waals surface area contributed by atoms with Crippen molar-refractivity contribution in [2.24, 2.45) is 0 Å². The van der Waals surface area contributed by atoms with E-state index in [1.54, 1.807) is 32.1 Å². The van der Waals surface area contributed by atoms with Crippen LogP contribution in [-0.2, 0) is 16.1 Å². The van der Waals surface area contributed by atoms with E-state index in [9.17, 15) is 9.59 Å². The molecule has 0 atom stereocenters. The van der Waals surface area contributed by atoms with Crippen molar-refractivity contribution in [2.45, 2.75) is 20.5 Å². The number of hydrogen-bond acceptors (Lipinski definition) is 6. The van der Waals surface area contributed by atoms with E-state index in [4.69, 9.17) is 18.6 Å². The number of carbonyl (C=O) groups excluding carboxylic acids is 1. The molecule has 0 saturated carbocycles. The van der Waals surface area contributed by atoms with E-state index in [0.717, 1.165) is 0 Å². The summed E-state index contributed by atoms with van der Waals surface area (Å²) in [5, 5.41) is 0.619. The van der Waals surface area contributed by atoms with Gasteiger partial charge >= 0.3 is 11.6 Å². The first-order chi connectivity index (χ1) is 11.0. The second kappa shape index (κ2) is 7.00. The second-order valence-corrected chi connectivity index (χ2v) is 4.84. The molecule has 0 aliphatic carbocycles. The Hall–Kier alpha value is -2.76. The molecule has 0 aliphatic heterocycles. The number of methoxy groups -OCH3 is 2. The molecule has 2 rings (SSSR count). The topological polar surface area (TPSA) is 75.0 Å². The number of benzene rings is 1. The van der Waals surface area contributed by atoms with Crippen LogP contribution in [0.15, 0.2) is 39.1 Å². The van der Waals surface area contributed by atoms with Crippen molar-refractivity contribution in [3.8, 4) is 11.5 Å². The standard InChI is InChI=1S/C17H18O6/c1-5-10(2)17(19)22-9-11-6-16(18)23-13-8-15(21-4)14(20-3)7-12(11)13/h5-8H,9H2,1-4H3/b10-5+. The van der Waals surface area contributed by atoms with Gasteiger partial charge in [0.15, 0.2) is 11.5 Å². The van der Waals surface area contributed by atoms with Crippen molar-refractivity contribution in [3.63, 3.8) is 0 Å². The first-order valence-corrected chi connectivity index (χ1v) is 6.99. The quantitative estimate of drug-likeness (QED) is 0.479. The van der Waals surface area contributed by atoms with Crippen LogP contribution in [0.25, 0.3) is 11.0 Å². The summed E-state index contributed by atoms with van der Waals surface area (Å²) in [5.41, 5.74) is 0.841.